The molecule has 1 heterocycles. The Morgan fingerprint density at radius 1 is 1.28 bits per heavy atom. The second-order valence-corrected chi connectivity index (χ2v) is 6.98. The molecule has 1 saturated heterocycles. The number of nitrogens with zero attached hydrogens (tertiary/aromatic N) is 1. The first-order chi connectivity index (χ1) is 12.0. The average molecular weight is 405 g/mol. The summed E-state index contributed by atoms with van der Waals surface area (Å²) in [7, 11) is 0. The summed E-state index contributed by atoms with van der Waals surface area (Å²) in [6.45, 7) is 2.20. The van der Waals surface area contributed by atoms with Crippen molar-refractivity contribution in [3.8, 4) is 0 Å². The Labute approximate surface area is 154 Å². The van der Waals surface area contributed by atoms with E-state index in [-0.39, 0.29) is 23.5 Å². The highest BCUT2D eigenvalue weighted by atomic mass is 79.9. The molecule has 0 aromatic heterocycles. The summed E-state index contributed by atoms with van der Waals surface area (Å²) in [4.78, 5) is 26.4. The van der Waals surface area contributed by atoms with Gasteiger partial charge in [-0.2, -0.15) is 0 Å². The zero-order valence-corrected chi connectivity index (χ0v) is 15.3. The van der Waals surface area contributed by atoms with Crippen molar-refractivity contribution >= 4 is 33.4 Å². The lowest BCUT2D eigenvalue weighted by atomic mass is 10.0. The maximum atomic E-state index is 14.1. The van der Waals surface area contributed by atoms with Crippen LogP contribution in [0.25, 0.3) is 0 Å². The Balaban J connectivity index is 1.70. The van der Waals surface area contributed by atoms with Gasteiger partial charge >= 0.3 is 0 Å². The van der Waals surface area contributed by atoms with Crippen LogP contribution in [-0.4, -0.2) is 18.4 Å². The second-order valence-electron chi connectivity index (χ2n) is 6.07. The molecular weight excluding hydrogens is 387 g/mol. The third kappa shape index (κ3) is 3.74. The Kier molecular flexibility index (Phi) is 5.18. The zero-order chi connectivity index (χ0) is 18.0. The van der Waals surface area contributed by atoms with Crippen LogP contribution in [0.4, 0.5) is 10.1 Å². The molecule has 2 atom stereocenters. The van der Waals surface area contributed by atoms with Crippen molar-refractivity contribution in [3.05, 3.63) is 64.4 Å². The average Bonchev–Trinajstić information content (AvgIpc) is 2.97. The smallest absolute Gasteiger partial charge is 0.239 e. The van der Waals surface area contributed by atoms with Crippen LogP contribution in [0.15, 0.2) is 53.0 Å². The van der Waals surface area contributed by atoms with Crippen LogP contribution < -0.4 is 10.2 Å². The van der Waals surface area contributed by atoms with E-state index >= 15 is 0 Å². The predicted octanol–water partition coefficient (Wildman–Crippen LogP) is 3.82. The number of halogens is 2. The molecule has 25 heavy (non-hydrogen) atoms. The topological polar surface area (TPSA) is 49.4 Å². The predicted molar refractivity (Wildman–Crippen MR) is 97.6 cm³/mol. The van der Waals surface area contributed by atoms with Gasteiger partial charge in [0.05, 0.1) is 11.7 Å². The summed E-state index contributed by atoms with van der Waals surface area (Å²) in [6, 6.07) is 13.9. The van der Waals surface area contributed by atoms with Crippen LogP contribution in [0.5, 0.6) is 0 Å². The summed E-state index contributed by atoms with van der Waals surface area (Å²) in [5.41, 5.74) is 1.18. The summed E-state index contributed by atoms with van der Waals surface area (Å²) in [5, 5.41) is 2.88. The molecule has 0 saturated carbocycles. The van der Waals surface area contributed by atoms with Gasteiger partial charge in [0.1, 0.15) is 11.7 Å². The number of benzene rings is 2. The fraction of sp³-hybridized carbons (Fsp3) is 0.263. The van der Waals surface area contributed by atoms with Gasteiger partial charge in [0.25, 0.3) is 0 Å². The van der Waals surface area contributed by atoms with E-state index < -0.39 is 11.7 Å². The molecule has 2 aromatic rings. The van der Waals surface area contributed by atoms with Crippen LogP contribution in [0.3, 0.4) is 0 Å². The van der Waals surface area contributed by atoms with Crippen molar-refractivity contribution in [1.82, 2.24) is 5.32 Å². The third-order valence-corrected chi connectivity index (χ3v) is 4.87. The van der Waals surface area contributed by atoms with Crippen molar-refractivity contribution in [3.63, 3.8) is 0 Å². The SMILES string of the molecule is C[C@@H](NC(=O)[C@H]1CCN(c2ccc(Br)cc2F)C1=O)c1ccccc1. The number of carbonyl (C=O) groups is 2. The minimum absolute atomic E-state index is 0.194. The fourth-order valence-corrected chi connectivity index (χ4v) is 3.33. The molecule has 0 unspecified atom stereocenters. The van der Waals surface area contributed by atoms with Gasteiger partial charge in [0.15, 0.2) is 0 Å². The summed E-state index contributed by atoms with van der Waals surface area (Å²) in [6.07, 6.45) is 0.377. The fourth-order valence-electron chi connectivity index (χ4n) is 3.00. The highest BCUT2D eigenvalue weighted by Crippen LogP contribution is 2.29. The summed E-state index contributed by atoms with van der Waals surface area (Å²) >= 11 is 3.20. The highest BCUT2D eigenvalue weighted by molar-refractivity contribution is 9.10. The van der Waals surface area contributed by atoms with Gasteiger partial charge in [-0.1, -0.05) is 46.3 Å². The minimum Gasteiger partial charge on any atom is -0.349 e. The van der Waals surface area contributed by atoms with E-state index in [2.05, 4.69) is 21.2 Å². The molecule has 2 aromatic carbocycles. The standard InChI is InChI=1S/C19H18BrFN2O2/c1-12(13-5-3-2-4-6-13)22-18(24)15-9-10-23(19(15)25)17-8-7-14(20)11-16(17)21/h2-8,11-12,15H,9-10H2,1H3,(H,22,24)/t12-,15-/m1/s1. The first-order valence-electron chi connectivity index (χ1n) is 8.09. The van der Waals surface area contributed by atoms with Crippen molar-refractivity contribution in [2.45, 2.75) is 19.4 Å². The second kappa shape index (κ2) is 7.35. The molecule has 0 aliphatic carbocycles. The number of hydrogen-bond donors (Lipinski definition) is 1. The van der Waals surface area contributed by atoms with Gasteiger partial charge in [0.2, 0.25) is 11.8 Å². The van der Waals surface area contributed by atoms with E-state index in [1.807, 2.05) is 37.3 Å². The Bertz CT molecular complexity index is 797. The maximum Gasteiger partial charge on any atom is 0.239 e. The van der Waals surface area contributed by atoms with E-state index in [1.54, 1.807) is 12.1 Å². The summed E-state index contributed by atoms with van der Waals surface area (Å²) in [5.74, 6) is -1.95. The van der Waals surface area contributed by atoms with Crippen molar-refractivity contribution in [2.75, 3.05) is 11.4 Å². The number of rotatable bonds is 4. The lowest BCUT2D eigenvalue weighted by molar-refractivity contribution is -0.132. The van der Waals surface area contributed by atoms with Crippen LogP contribution in [0, 0.1) is 11.7 Å². The number of carbonyl (C=O) groups excluding carboxylic acids is 2. The van der Waals surface area contributed by atoms with E-state index in [9.17, 15) is 14.0 Å². The van der Waals surface area contributed by atoms with Crippen LogP contribution in [-0.2, 0) is 9.59 Å². The number of nitrogens with one attached hydrogen (secondary N) is 1. The highest BCUT2D eigenvalue weighted by Gasteiger charge is 2.38. The lowest BCUT2D eigenvalue weighted by Crippen LogP contribution is -2.38. The van der Waals surface area contributed by atoms with Crippen LogP contribution in [0.1, 0.15) is 24.9 Å². The van der Waals surface area contributed by atoms with E-state index in [0.717, 1.165) is 5.56 Å². The maximum absolute atomic E-state index is 14.1. The van der Waals surface area contributed by atoms with E-state index in [4.69, 9.17) is 0 Å². The minimum atomic E-state index is -0.783. The number of amides is 2. The van der Waals surface area contributed by atoms with Gasteiger partial charge in [-0.25, -0.2) is 4.39 Å². The van der Waals surface area contributed by atoms with Crippen molar-refractivity contribution in [1.29, 1.82) is 0 Å². The Morgan fingerprint density at radius 3 is 2.68 bits per heavy atom. The van der Waals surface area contributed by atoms with Crippen LogP contribution >= 0.6 is 15.9 Å². The largest absolute Gasteiger partial charge is 0.349 e. The Morgan fingerprint density at radius 2 is 2.00 bits per heavy atom. The van der Waals surface area contributed by atoms with Gasteiger partial charge < -0.3 is 10.2 Å². The van der Waals surface area contributed by atoms with Gasteiger partial charge in [-0.15, -0.1) is 0 Å². The van der Waals surface area contributed by atoms with E-state index in [0.29, 0.717) is 17.4 Å². The molecular formula is C19H18BrFN2O2. The molecule has 0 spiro atoms. The first kappa shape index (κ1) is 17.6. The quantitative estimate of drug-likeness (QED) is 0.787. The summed E-state index contributed by atoms with van der Waals surface area (Å²) < 4.78 is 14.7. The molecule has 6 heteroatoms. The molecule has 3 rings (SSSR count). The van der Waals surface area contributed by atoms with Crippen LogP contribution in [0.2, 0.25) is 0 Å². The normalized spacial score (nSPS) is 18.3. The third-order valence-electron chi connectivity index (χ3n) is 4.38. The lowest BCUT2D eigenvalue weighted by Gasteiger charge is -2.19. The molecule has 4 nitrogen and oxygen atoms in total. The van der Waals surface area contributed by atoms with Gasteiger partial charge in [0, 0.05) is 11.0 Å². The molecule has 1 aliphatic heterocycles. The van der Waals surface area contributed by atoms with Crippen molar-refractivity contribution < 1.29 is 14.0 Å². The molecule has 1 fully saturated rings. The monoisotopic (exact) mass is 404 g/mol. The number of hydrogen-bond acceptors (Lipinski definition) is 2. The molecule has 1 N–H and O–H groups in total. The van der Waals surface area contributed by atoms with Gasteiger partial charge in [-0.3, -0.25) is 9.59 Å². The van der Waals surface area contributed by atoms with E-state index in [1.165, 1.54) is 11.0 Å². The van der Waals surface area contributed by atoms with Gasteiger partial charge in [-0.05, 0) is 37.1 Å². The zero-order valence-electron chi connectivity index (χ0n) is 13.7. The van der Waals surface area contributed by atoms with Crippen molar-refractivity contribution in [2.24, 2.45) is 5.92 Å². The molecule has 0 bridgehead atoms. The first-order valence-corrected chi connectivity index (χ1v) is 8.88. The molecule has 2 amide bonds. The molecule has 1 aliphatic rings. The molecule has 130 valence electrons. The molecule has 0 radical (unpaired) electrons. The number of anilines is 1. The Hall–Kier alpha value is -2.21.